The van der Waals surface area contributed by atoms with E-state index in [-0.39, 0.29) is 29.5 Å². The number of benzene rings is 1. The fourth-order valence-electron chi connectivity index (χ4n) is 3.43. The van der Waals surface area contributed by atoms with E-state index in [1.54, 1.807) is 11.0 Å². The lowest BCUT2D eigenvalue weighted by Crippen LogP contribution is -2.48. The number of hydrogen-bond acceptors (Lipinski definition) is 4. The van der Waals surface area contributed by atoms with Crippen LogP contribution < -0.4 is 5.73 Å². The molecule has 2 saturated heterocycles. The van der Waals surface area contributed by atoms with E-state index < -0.39 is 17.1 Å². The molecule has 0 radical (unpaired) electrons. The molecule has 0 bridgehead atoms. The third-order valence-electron chi connectivity index (χ3n) is 4.82. The molecule has 0 aromatic heterocycles. The van der Waals surface area contributed by atoms with Crippen LogP contribution >= 0.6 is 0 Å². The zero-order valence-corrected chi connectivity index (χ0v) is 12.4. The summed E-state index contributed by atoms with van der Waals surface area (Å²) >= 11 is 0. The van der Waals surface area contributed by atoms with E-state index >= 15 is 0 Å². The molecule has 2 aliphatic rings. The Morgan fingerprint density at radius 2 is 2.26 bits per heavy atom. The van der Waals surface area contributed by atoms with Crippen molar-refractivity contribution in [3.63, 3.8) is 0 Å². The average molecular weight is 317 g/mol. The Balaban J connectivity index is 1.87. The van der Waals surface area contributed by atoms with Crippen molar-refractivity contribution in [2.75, 3.05) is 26.3 Å². The highest BCUT2D eigenvalue weighted by Gasteiger charge is 2.53. The molecule has 1 aromatic rings. The fourth-order valence-corrected chi connectivity index (χ4v) is 3.43. The molecule has 0 aliphatic carbocycles. The molecule has 6 nitrogen and oxygen atoms in total. The van der Waals surface area contributed by atoms with Crippen molar-refractivity contribution >= 4 is 11.8 Å². The van der Waals surface area contributed by atoms with Gasteiger partial charge >= 0.3 is 0 Å². The standard InChI is InChI=1S/C16H16FN3O3/c17-13-2-1-10(5-11(13)6-18)14(21)20-7-12-8-23-4-3-16(12,9-20)15(19)22/h1-2,5,12H,3-4,7-9H2,(H2,19,22)/t12-,16+/m1/s1. The van der Waals surface area contributed by atoms with E-state index in [0.29, 0.717) is 26.2 Å². The normalized spacial score (nSPS) is 26.4. The van der Waals surface area contributed by atoms with Gasteiger partial charge in [0.05, 0.1) is 17.6 Å². The molecule has 2 atom stereocenters. The van der Waals surface area contributed by atoms with Gasteiger partial charge in [-0.05, 0) is 24.6 Å². The summed E-state index contributed by atoms with van der Waals surface area (Å²) in [7, 11) is 0. The van der Waals surface area contributed by atoms with E-state index in [1.807, 2.05) is 0 Å². The zero-order chi connectivity index (χ0) is 16.6. The molecule has 7 heteroatoms. The molecule has 0 unspecified atom stereocenters. The van der Waals surface area contributed by atoms with Crippen molar-refractivity contribution in [2.45, 2.75) is 6.42 Å². The maximum absolute atomic E-state index is 13.4. The van der Waals surface area contributed by atoms with Gasteiger partial charge in [-0.25, -0.2) is 4.39 Å². The lowest BCUT2D eigenvalue weighted by Gasteiger charge is -2.34. The molecule has 120 valence electrons. The number of carbonyl (C=O) groups excluding carboxylic acids is 2. The van der Waals surface area contributed by atoms with Crippen molar-refractivity contribution in [1.29, 1.82) is 5.26 Å². The van der Waals surface area contributed by atoms with Crippen molar-refractivity contribution in [1.82, 2.24) is 4.90 Å². The van der Waals surface area contributed by atoms with E-state index in [1.165, 1.54) is 12.1 Å². The van der Waals surface area contributed by atoms with Crippen LogP contribution in [0.3, 0.4) is 0 Å². The van der Waals surface area contributed by atoms with E-state index in [4.69, 9.17) is 15.7 Å². The molecule has 2 amide bonds. The van der Waals surface area contributed by atoms with Crippen molar-refractivity contribution in [3.05, 3.63) is 35.1 Å². The summed E-state index contributed by atoms with van der Waals surface area (Å²) in [5.41, 5.74) is 4.87. The van der Waals surface area contributed by atoms with Gasteiger partial charge in [0.25, 0.3) is 5.91 Å². The first-order valence-electron chi connectivity index (χ1n) is 7.34. The smallest absolute Gasteiger partial charge is 0.253 e. The SMILES string of the molecule is N#Cc1cc(C(=O)N2C[C@@H]3COCC[C@]3(C(N)=O)C2)ccc1F. The molecule has 2 fully saturated rings. The lowest BCUT2D eigenvalue weighted by molar-refractivity contribution is -0.135. The summed E-state index contributed by atoms with van der Waals surface area (Å²) in [4.78, 5) is 26.1. The van der Waals surface area contributed by atoms with Gasteiger partial charge in [0.2, 0.25) is 5.91 Å². The second kappa shape index (κ2) is 5.63. The van der Waals surface area contributed by atoms with Crippen LogP contribution in [0.5, 0.6) is 0 Å². The number of nitrogens with zero attached hydrogens (tertiary/aromatic N) is 2. The van der Waals surface area contributed by atoms with Crippen LogP contribution in [-0.4, -0.2) is 43.0 Å². The lowest BCUT2D eigenvalue weighted by atomic mass is 9.74. The number of nitriles is 1. The number of halogens is 1. The molecular formula is C16H16FN3O3. The topological polar surface area (TPSA) is 96.4 Å². The number of carbonyl (C=O) groups is 2. The zero-order valence-electron chi connectivity index (χ0n) is 12.4. The monoisotopic (exact) mass is 317 g/mol. The van der Waals surface area contributed by atoms with E-state index in [9.17, 15) is 14.0 Å². The summed E-state index contributed by atoms with van der Waals surface area (Å²) in [6, 6.07) is 5.39. The molecule has 1 aromatic carbocycles. The number of hydrogen-bond donors (Lipinski definition) is 1. The molecule has 23 heavy (non-hydrogen) atoms. The first-order valence-corrected chi connectivity index (χ1v) is 7.34. The Hall–Kier alpha value is -2.46. The Labute approximate surface area is 132 Å². The highest BCUT2D eigenvalue weighted by molar-refractivity contribution is 5.95. The Morgan fingerprint density at radius 1 is 1.48 bits per heavy atom. The highest BCUT2D eigenvalue weighted by Crippen LogP contribution is 2.42. The minimum Gasteiger partial charge on any atom is -0.381 e. The fraction of sp³-hybridized carbons (Fsp3) is 0.438. The number of rotatable bonds is 2. The number of fused-ring (bicyclic) bond motifs is 1. The predicted octanol–water partition coefficient (Wildman–Crippen LogP) is 0.661. The summed E-state index contributed by atoms with van der Waals surface area (Å²) in [6.45, 7) is 1.42. The number of nitrogens with two attached hydrogens (primary N) is 1. The molecule has 2 N–H and O–H groups in total. The Kier molecular flexibility index (Phi) is 3.78. The second-order valence-electron chi connectivity index (χ2n) is 6.03. The number of likely N-dealkylation sites (tertiary alicyclic amines) is 1. The quantitative estimate of drug-likeness (QED) is 0.866. The van der Waals surface area contributed by atoms with Gasteiger partial charge in [0.15, 0.2) is 0 Å². The van der Waals surface area contributed by atoms with Crippen LogP contribution in [0.1, 0.15) is 22.3 Å². The minimum atomic E-state index is -0.758. The Morgan fingerprint density at radius 3 is 2.91 bits per heavy atom. The van der Waals surface area contributed by atoms with Crippen molar-refractivity contribution < 1.29 is 18.7 Å². The third-order valence-corrected chi connectivity index (χ3v) is 4.82. The molecule has 0 saturated carbocycles. The van der Waals surface area contributed by atoms with Gasteiger partial charge in [-0.2, -0.15) is 5.26 Å². The molecule has 0 spiro atoms. The second-order valence-corrected chi connectivity index (χ2v) is 6.03. The van der Waals surface area contributed by atoms with Gasteiger partial charge in [-0.3, -0.25) is 9.59 Å². The number of primary amides is 1. The summed E-state index contributed by atoms with van der Waals surface area (Å²) in [6.07, 6.45) is 0.490. The largest absolute Gasteiger partial charge is 0.381 e. The van der Waals surface area contributed by atoms with Crippen LogP contribution in [0.2, 0.25) is 0 Å². The highest BCUT2D eigenvalue weighted by atomic mass is 19.1. The summed E-state index contributed by atoms with van der Waals surface area (Å²) < 4.78 is 18.8. The van der Waals surface area contributed by atoms with Crippen LogP contribution in [0, 0.1) is 28.5 Å². The van der Waals surface area contributed by atoms with Gasteiger partial charge in [-0.1, -0.05) is 0 Å². The van der Waals surface area contributed by atoms with Crippen LogP contribution in [0.4, 0.5) is 4.39 Å². The molecule has 2 aliphatic heterocycles. The Bertz CT molecular complexity index is 715. The number of amides is 2. The maximum Gasteiger partial charge on any atom is 0.253 e. The first kappa shape index (κ1) is 15.4. The third kappa shape index (κ3) is 2.45. The summed E-state index contributed by atoms with van der Waals surface area (Å²) in [5.74, 6) is -1.55. The molecular weight excluding hydrogens is 301 g/mol. The van der Waals surface area contributed by atoms with Crippen LogP contribution in [0.25, 0.3) is 0 Å². The molecule has 2 heterocycles. The van der Waals surface area contributed by atoms with Crippen LogP contribution in [0.15, 0.2) is 18.2 Å². The van der Waals surface area contributed by atoms with E-state index in [0.717, 1.165) is 6.07 Å². The molecule has 3 rings (SSSR count). The minimum absolute atomic E-state index is 0.131. The van der Waals surface area contributed by atoms with Crippen molar-refractivity contribution in [3.8, 4) is 6.07 Å². The van der Waals surface area contributed by atoms with Gasteiger partial charge in [-0.15, -0.1) is 0 Å². The first-order chi connectivity index (χ1) is 11.0. The van der Waals surface area contributed by atoms with Crippen LogP contribution in [-0.2, 0) is 9.53 Å². The number of ether oxygens (including phenoxy) is 1. The van der Waals surface area contributed by atoms with Gasteiger partial charge in [0, 0.05) is 31.2 Å². The predicted molar refractivity (Wildman–Crippen MR) is 77.6 cm³/mol. The maximum atomic E-state index is 13.4. The average Bonchev–Trinajstić information content (AvgIpc) is 2.95. The van der Waals surface area contributed by atoms with Gasteiger partial charge < -0.3 is 15.4 Å². The van der Waals surface area contributed by atoms with E-state index in [2.05, 4.69) is 0 Å². The van der Waals surface area contributed by atoms with Crippen molar-refractivity contribution in [2.24, 2.45) is 17.1 Å². The van der Waals surface area contributed by atoms with Gasteiger partial charge in [0.1, 0.15) is 11.9 Å². The summed E-state index contributed by atoms with van der Waals surface area (Å²) in [5, 5.41) is 8.88.